The Labute approximate surface area is 128 Å². The maximum atomic E-state index is 11.9. The van der Waals surface area contributed by atoms with Crippen LogP contribution in [0.15, 0.2) is 42.5 Å². The number of anilines is 1. The number of carboxylic acid groups (broad SMARTS) is 1. The molecule has 2 aromatic rings. The number of fused-ring (bicyclic) bond motifs is 1. The van der Waals surface area contributed by atoms with Gasteiger partial charge in [-0.2, -0.15) is 0 Å². The van der Waals surface area contributed by atoms with Crippen LogP contribution in [-0.2, 0) is 17.6 Å². The van der Waals surface area contributed by atoms with E-state index in [2.05, 4.69) is 5.32 Å². The smallest absolute Gasteiger partial charge is 0.330 e. The second-order valence-electron chi connectivity index (χ2n) is 5.65. The number of carbonyl (C=O) groups is 1. The van der Waals surface area contributed by atoms with E-state index in [1.807, 2.05) is 49.4 Å². The van der Waals surface area contributed by atoms with E-state index in [1.54, 1.807) is 0 Å². The van der Waals surface area contributed by atoms with Crippen molar-refractivity contribution < 1.29 is 9.90 Å². The van der Waals surface area contributed by atoms with E-state index in [9.17, 15) is 9.90 Å². The molecule has 0 bridgehead atoms. The molecular weight excluding hydrogens is 286 g/mol. The van der Waals surface area contributed by atoms with Gasteiger partial charge in [0, 0.05) is 23.6 Å². The molecule has 108 valence electrons. The van der Waals surface area contributed by atoms with Crippen LogP contribution < -0.4 is 5.32 Å². The zero-order chi connectivity index (χ0) is 15.0. The maximum Gasteiger partial charge on any atom is 0.330 e. The first-order chi connectivity index (χ1) is 9.98. The van der Waals surface area contributed by atoms with Gasteiger partial charge in [-0.3, -0.25) is 0 Å². The fourth-order valence-electron chi connectivity index (χ4n) is 2.94. The molecule has 1 atom stereocenters. The van der Waals surface area contributed by atoms with Crippen molar-refractivity contribution in [2.45, 2.75) is 25.3 Å². The van der Waals surface area contributed by atoms with Gasteiger partial charge < -0.3 is 10.4 Å². The summed E-state index contributed by atoms with van der Waals surface area (Å²) in [7, 11) is 0. The Kier molecular flexibility index (Phi) is 3.38. The van der Waals surface area contributed by atoms with Crippen LogP contribution in [0.4, 0.5) is 5.69 Å². The van der Waals surface area contributed by atoms with E-state index >= 15 is 0 Å². The Hall–Kier alpha value is -2.00. The number of halogens is 1. The van der Waals surface area contributed by atoms with Crippen molar-refractivity contribution in [2.75, 3.05) is 5.32 Å². The topological polar surface area (TPSA) is 49.3 Å². The molecule has 0 saturated heterocycles. The van der Waals surface area contributed by atoms with Crippen LogP contribution in [0.1, 0.15) is 16.7 Å². The van der Waals surface area contributed by atoms with E-state index in [4.69, 9.17) is 11.6 Å². The van der Waals surface area contributed by atoms with Crippen molar-refractivity contribution in [3.8, 4) is 0 Å². The van der Waals surface area contributed by atoms with Gasteiger partial charge >= 0.3 is 5.97 Å². The predicted octanol–water partition coefficient (Wildman–Crippen LogP) is 3.68. The van der Waals surface area contributed by atoms with Gasteiger partial charge in [0.05, 0.1) is 0 Å². The highest BCUT2D eigenvalue weighted by Gasteiger charge is 2.44. The fraction of sp³-hybridized carbons (Fsp3) is 0.235. The maximum absolute atomic E-state index is 11.9. The summed E-state index contributed by atoms with van der Waals surface area (Å²) < 4.78 is 0. The molecule has 2 N–H and O–H groups in total. The zero-order valence-corrected chi connectivity index (χ0v) is 12.4. The minimum absolute atomic E-state index is 0.437. The Morgan fingerprint density at radius 1 is 1.19 bits per heavy atom. The lowest BCUT2D eigenvalue weighted by atomic mass is 9.95. The third-order valence-electron chi connectivity index (χ3n) is 3.96. The molecule has 0 aromatic heterocycles. The Balaban J connectivity index is 1.95. The van der Waals surface area contributed by atoms with Crippen molar-refractivity contribution in [1.29, 1.82) is 0 Å². The number of aliphatic carboxylic acids is 1. The second kappa shape index (κ2) is 5.08. The molecule has 3 rings (SSSR count). The molecule has 0 amide bonds. The van der Waals surface area contributed by atoms with E-state index in [1.165, 1.54) is 0 Å². The van der Waals surface area contributed by atoms with E-state index in [0.29, 0.717) is 17.9 Å². The molecule has 0 fully saturated rings. The largest absolute Gasteiger partial charge is 0.479 e. The van der Waals surface area contributed by atoms with Gasteiger partial charge in [0.2, 0.25) is 0 Å². The lowest BCUT2D eigenvalue weighted by Crippen LogP contribution is -2.47. The summed E-state index contributed by atoms with van der Waals surface area (Å²) in [5.74, 6) is -0.837. The molecule has 1 aliphatic carbocycles. The standard InChI is InChI=1S/C17H16ClNO2/c1-11-3-2-4-15(7-11)19-17(16(20)21)9-12-5-6-14(18)8-13(12)10-17/h2-8,19H,9-10H2,1H3,(H,20,21). The highest BCUT2D eigenvalue weighted by Crippen LogP contribution is 2.35. The van der Waals surface area contributed by atoms with Crippen molar-refractivity contribution in [3.63, 3.8) is 0 Å². The van der Waals surface area contributed by atoms with Crippen molar-refractivity contribution in [2.24, 2.45) is 0 Å². The highest BCUT2D eigenvalue weighted by molar-refractivity contribution is 6.30. The first-order valence-electron chi connectivity index (χ1n) is 6.84. The number of aryl methyl sites for hydroxylation is 1. The molecule has 4 heteroatoms. The van der Waals surface area contributed by atoms with Crippen LogP contribution in [0.2, 0.25) is 5.02 Å². The molecular formula is C17H16ClNO2. The van der Waals surface area contributed by atoms with Crippen LogP contribution in [0.5, 0.6) is 0 Å². The van der Waals surface area contributed by atoms with Crippen LogP contribution in [0, 0.1) is 6.92 Å². The third-order valence-corrected chi connectivity index (χ3v) is 4.20. The Bertz CT molecular complexity index is 714. The second-order valence-corrected chi connectivity index (χ2v) is 6.08. The normalized spacial score (nSPS) is 20.1. The van der Waals surface area contributed by atoms with E-state index < -0.39 is 11.5 Å². The van der Waals surface area contributed by atoms with Gasteiger partial charge in [-0.25, -0.2) is 4.79 Å². The molecule has 21 heavy (non-hydrogen) atoms. The summed E-state index contributed by atoms with van der Waals surface area (Å²) in [4.78, 5) is 11.9. The number of benzene rings is 2. The van der Waals surface area contributed by atoms with Crippen LogP contribution in [0.3, 0.4) is 0 Å². The first kappa shape index (κ1) is 14.0. The van der Waals surface area contributed by atoms with Gasteiger partial charge in [0.25, 0.3) is 0 Å². The van der Waals surface area contributed by atoms with Crippen LogP contribution >= 0.6 is 11.6 Å². The summed E-state index contributed by atoms with van der Waals surface area (Å²) in [5.41, 5.74) is 2.98. The molecule has 2 aromatic carbocycles. The van der Waals surface area contributed by atoms with Crippen molar-refractivity contribution >= 4 is 23.3 Å². The fourth-order valence-corrected chi connectivity index (χ4v) is 3.13. The van der Waals surface area contributed by atoms with Gasteiger partial charge in [0.1, 0.15) is 5.54 Å². The number of rotatable bonds is 3. The predicted molar refractivity (Wildman–Crippen MR) is 84.0 cm³/mol. The molecule has 0 saturated carbocycles. The lowest BCUT2D eigenvalue weighted by Gasteiger charge is -2.27. The van der Waals surface area contributed by atoms with Crippen molar-refractivity contribution in [3.05, 3.63) is 64.2 Å². The Morgan fingerprint density at radius 3 is 2.67 bits per heavy atom. The minimum atomic E-state index is -0.999. The van der Waals surface area contributed by atoms with Crippen LogP contribution in [0.25, 0.3) is 0 Å². The van der Waals surface area contributed by atoms with Gasteiger partial charge in [0.15, 0.2) is 0 Å². The molecule has 1 unspecified atom stereocenters. The van der Waals surface area contributed by atoms with E-state index in [-0.39, 0.29) is 0 Å². The SMILES string of the molecule is Cc1cccc(NC2(C(=O)O)Cc3ccc(Cl)cc3C2)c1. The van der Waals surface area contributed by atoms with Gasteiger partial charge in [-0.05, 0) is 47.9 Å². The van der Waals surface area contributed by atoms with Crippen LogP contribution in [-0.4, -0.2) is 16.6 Å². The van der Waals surface area contributed by atoms with Crippen molar-refractivity contribution in [1.82, 2.24) is 0 Å². The molecule has 0 heterocycles. The minimum Gasteiger partial charge on any atom is -0.479 e. The molecule has 3 nitrogen and oxygen atoms in total. The molecule has 0 aliphatic heterocycles. The zero-order valence-electron chi connectivity index (χ0n) is 11.7. The monoisotopic (exact) mass is 301 g/mol. The highest BCUT2D eigenvalue weighted by atomic mass is 35.5. The summed E-state index contributed by atoms with van der Waals surface area (Å²) in [6.45, 7) is 1.99. The third kappa shape index (κ3) is 2.61. The number of nitrogens with one attached hydrogen (secondary N) is 1. The average molecular weight is 302 g/mol. The number of hydrogen-bond donors (Lipinski definition) is 2. The lowest BCUT2D eigenvalue weighted by molar-refractivity contribution is -0.142. The molecule has 0 radical (unpaired) electrons. The Morgan fingerprint density at radius 2 is 1.95 bits per heavy atom. The first-order valence-corrected chi connectivity index (χ1v) is 7.22. The number of carboxylic acids is 1. The summed E-state index contributed by atoms with van der Waals surface area (Å²) >= 11 is 6.01. The summed E-state index contributed by atoms with van der Waals surface area (Å²) in [6, 6.07) is 13.4. The molecule has 1 aliphatic rings. The quantitative estimate of drug-likeness (QED) is 0.909. The number of hydrogen-bond acceptors (Lipinski definition) is 2. The van der Waals surface area contributed by atoms with Gasteiger partial charge in [-0.1, -0.05) is 29.8 Å². The van der Waals surface area contributed by atoms with Gasteiger partial charge in [-0.15, -0.1) is 0 Å². The van der Waals surface area contributed by atoms with E-state index in [0.717, 1.165) is 22.4 Å². The summed E-state index contributed by atoms with van der Waals surface area (Å²) in [6.07, 6.45) is 0.898. The molecule has 0 spiro atoms. The summed E-state index contributed by atoms with van der Waals surface area (Å²) in [5, 5.41) is 13.6. The average Bonchev–Trinajstić information content (AvgIpc) is 2.77.